The van der Waals surface area contributed by atoms with Crippen molar-refractivity contribution in [2.45, 2.75) is 45.3 Å². The molecule has 1 aromatic heterocycles. The van der Waals surface area contributed by atoms with Crippen molar-refractivity contribution in [1.82, 2.24) is 10.2 Å². The number of nitrogens with one attached hydrogen (secondary N) is 1. The fourth-order valence-electron chi connectivity index (χ4n) is 3.38. The maximum absolute atomic E-state index is 13.0. The van der Waals surface area contributed by atoms with Crippen molar-refractivity contribution in [3.05, 3.63) is 57.5 Å². The standard InChI is InChI=1S/C19H23FN2OS/c1-13-5-10-18(24-13)19-17(4-3-11-22(19)14(2)23)21-12-15-6-8-16(20)9-7-15/h5-10,17,19,21H,3-4,11-12H2,1-2H3/t17-,19-/m1/s1. The predicted octanol–water partition coefficient (Wildman–Crippen LogP) is 4.04. The lowest BCUT2D eigenvalue weighted by Crippen LogP contribution is -2.49. The molecule has 1 amide bonds. The molecule has 0 radical (unpaired) electrons. The third kappa shape index (κ3) is 3.84. The van der Waals surface area contributed by atoms with Gasteiger partial charge in [-0.25, -0.2) is 4.39 Å². The van der Waals surface area contributed by atoms with Crippen LogP contribution in [0.1, 0.15) is 41.1 Å². The van der Waals surface area contributed by atoms with Gasteiger partial charge in [0.15, 0.2) is 0 Å². The van der Waals surface area contributed by atoms with Gasteiger partial charge in [0.2, 0.25) is 5.91 Å². The molecule has 2 atom stereocenters. The molecule has 1 aliphatic heterocycles. The van der Waals surface area contributed by atoms with E-state index in [2.05, 4.69) is 24.4 Å². The van der Waals surface area contributed by atoms with E-state index in [1.807, 2.05) is 4.90 Å². The van der Waals surface area contributed by atoms with E-state index in [1.165, 1.54) is 21.9 Å². The Balaban J connectivity index is 1.78. The second-order valence-corrected chi connectivity index (χ2v) is 7.68. The molecule has 1 aromatic carbocycles. The quantitative estimate of drug-likeness (QED) is 0.906. The highest BCUT2D eigenvalue weighted by atomic mass is 32.1. The Bertz CT molecular complexity index is 698. The van der Waals surface area contributed by atoms with Crippen LogP contribution in [-0.4, -0.2) is 23.4 Å². The SMILES string of the molecule is CC(=O)N1CCC[C@@H](NCc2ccc(F)cc2)[C@@H]1c1ccc(C)s1. The van der Waals surface area contributed by atoms with Crippen molar-refractivity contribution in [3.63, 3.8) is 0 Å². The Kier molecular flexibility index (Phi) is 5.31. The largest absolute Gasteiger partial charge is 0.334 e. The molecule has 24 heavy (non-hydrogen) atoms. The van der Waals surface area contributed by atoms with Gasteiger partial charge in [-0.15, -0.1) is 11.3 Å². The number of hydrogen-bond donors (Lipinski definition) is 1. The third-order valence-corrected chi connectivity index (χ3v) is 5.64. The zero-order valence-electron chi connectivity index (χ0n) is 14.1. The minimum atomic E-state index is -0.217. The van der Waals surface area contributed by atoms with Gasteiger partial charge in [0.25, 0.3) is 0 Å². The van der Waals surface area contributed by atoms with Gasteiger partial charge < -0.3 is 10.2 Å². The molecule has 0 aliphatic carbocycles. The summed E-state index contributed by atoms with van der Waals surface area (Å²) in [5.41, 5.74) is 1.05. The van der Waals surface area contributed by atoms with Crippen LogP contribution in [-0.2, 0) is 11.3 Å². The number of piperidine rings is 1. The summed E-state index contributed by atoms with van der Waals surface area (Å²) in [6, 6.07) is 11.1. The van der Waals surface area contributed by atoms with Crippen molar-refractivity contribution in [3.8, 4) is 0 Å². The second kappa shape index (κ2) is 7.45. The van der Waals surface area contributed by atoms with Crippen LogP contribution in [0.3, 0.4) is 0 Å². The molecular formula is C19H23FN2OS. The number of halogens is 1. The maximum Gasteiger partial charge on any atom is 0.220 e. The molecule has 0 spiro atoms. The molecule has 1 saturated heterocycles. The first-order valence-corrected chi connectivity index (χ1v) is 9.17. The number of amides is 1. The van der Waals surface area contributed by atoms with E-state index in [9.17, 15) is 9.18 Å². The first kappa shape index (κ1) is 17.1. The average Bonchev–Trinajstić information content (AvgIpc) is 3.00. The number of thiophene rings is 1. The van der Waals surface area contributed by atoms with E-state index in [-0.39, 0.29) is 23.8 Å². The zero-order chi connectivity index (χ0) is 17.1. The maximum atomic E-state index is 13.0. The topological polar surface area (TPSA) is 32.3 Å². The molecule has 3 nitrogen and oxygen atoms in total. The molecular weight excluding hydrogens is 323 g/mol. The van der Waals surface area contributed by atoms with Crippen LogP contribution >= 0.6 is 11.3 Å². The van der Waals surface area contributed by atoms with Crippen LogP contribution in [0.5, 0.6) is 0 Å². The van der Waals surface area contributed by atoms with Crippen LogP contribution in [0, 0.1) is 12.7 Å². The van der Waals surface area contributed by atoms with E-state index in [4.69, 9.17) is 0 Å². The lowest BCUT2D eigenvalue weighted by molar-refractivity contribution is -0.133. The van der Waals surface area contributed by atoms with E-state index in [0.717, 1.165) is 24.9 Å². The number of likely N-dealkylation sites (tertiary alicyclic amines) is 1. The van der Waals surface area contributed by atoms with Crippen LogP contribution in [0.2, 0.25) is 0 Å². The van der Waals surface area contributed by atoms with E-state index in [0.29, 0.717) is 6.54 Å². The summed E-state index contributed by atoms with van der Waals surface area (Å²) in [4.78, 5) is 16.6. The molecule has 1 aliphatic rings. The Morgan fingerprint density at radius 2 is 2.04 bits per heavy atom. The van der Waals surface area contributed by atoms with Gasteiger partial charge in [-0.1, -0.05) is 12.1 Å². The molecule has 5 heteroatoms. The van der Waals surface area contributed by atoms with Crippen molar-refractivity contribution in [2.24, 2.45) is 0 Å². The lowest BCUT2D eigenvalue weighted by Gasteiger charge is -2.41. The Labute approximate surface area is 146 Å². The summed E-state index contributed by atoms with van der Waals surface area (Å²) in [6.07, 6.45) is 2.04. The number of rotatable bonds is 4. The van der Waals surface area contributed by atoms with Crippen LogP contribution in [0.15, 0.2) is 36.4 Å². The first-order valence-electron chi connectivity index (χ1n) is 8.36. The fraction of sp³-hybridized carbons (Fsp3) is 0.421. The minimum absolute atomic E-state index is 0.0791. The monoisotopic (exact) mass is 346 g/mol. The zero-order valence-corrected chi connectivity index (χ0v) is 14.9. The molecule has 3 rings (SSSR count). The Morgan fingerprint density at radius 1 is 1.29 bits per heavy atom. The number of carbonyl (C=O) groups is 1. The summed E-state index contributed by atoms with van der Waals surface area (Å²) in [7, 11) is 0. The number of nitrogens with zero attached hydrogens (tertiary/aromatic N) is 1. The van der Waals surface area contributed by atoms with Gasteiger partial charge >= 0.3 is 0 Å². The molecule has 1 N–H and O–H groups in total. The van der Waals surface area contributed by atoms with Crippen molar-refractivity contribution >= 4 is 17.2 Å². The first-order chi connectivity index (χ1) is 11.5. The normalized spacial score (nSPS) is 21.0. The highest BCUT2D eigenvalue weighted by Crippen LogP contribution is 2.35. The summed E-state index contributed by atoms with van der Waals surface area (Å²) in [5.74, 6) is -0.0922. The fourth-order valence-corrected chi connectivity index (χ4v) is 4.43. The Hall–Kier alpha value is -1.72. The van der Waals surface area contributed by atoms with Gasteiger partial charge in [0.1, 0.15) is 5.82 Å². The van der Waals surface area contributed by atoms with Crippen LogP contribution < -0.4 is 5.32 Å². The lowest BCUT2D eigenvalue weighted by atomic mass is 9.94. The van der Waals surface area contributed by atoms with Gasteiger partial charge in [-0.3, -0.25) is 4.79 Å². The van der Waals surface area contributed by atoms with E-state index in [1.54, 1.807) is 30.4 Å². The van der Waals surface area contributed by atoms with Gasteiger partial charge in [-0.05, 0) is 49.6 Å². The molecule has 0 bridgehead atoms. The van der Waals surface area contributed by atoms with Crippen molar-refractivity contribution < 1.29 is 9.18 Å². The summed E-state index contributed by atoms with van der Waals surface area (Å²) >= 11 is 1.76. The van der Waals surface area contributed by atoms with Crippen LogP contribution in [0.4, 0.5) is 4.39 Å². The third-order valence-electron chi connectivity index (χ3n) is 4.57. The molecule has 128 valence electrons. The van der Waals surface area contributed by atoms with Gasteiger partial charge in [-0.2, -0.15) is 0 Å². The molecule has 2 aromatic rings. The summed E-state index contributed by atoms with van der Waals surface area (Å²) in [6.45, 7) is 5.23. The number of carbonyl (C=O) groups excluding carboxylic acids is 1. The van der Waals surface area contributed by atoms with Crippen molar-refractivity contribution in [1.29, 1.82) is 0 Å². The highest BCUT2D eigenvalue weighted by molar-refractivity contribution is 7.12. The molecule has 2 heterocycles. The average molecular weight is 346 g/mol. The minimum Gasteiger partial charge on any atom is -0.334 e. The van der Waals surface area contributed by atoms with Crippen molar-refractivity contribution in [2.75, 3.05) is 6.54 Å². The molecule has 0 unspecified atom stereocenters. The van der Waals surface area contributed by atoms with Gasteiger partial charge in [0.05, 0.1) is 6.04 Å². The number of hydrogen-bond acceptors (Lipinski definition) is 3. The molecule has 0 saturated carbocycles. The van der Waals surface area contributed by atoms with E-state index < -0.39 is 0 Å². The summed E-state index contributed by atoms with van der Waals surface area (Å²) in [5, 5.41) is 3.59. The predicted molar refractivity (Wildman–Crippen MR) is 95.4 cm³/mol. The number of benzene rings is 1. The van der Waals surface area contributed by atoms with Crippen LogP contribution in [0.25, 0.3) is 0 Å². The number of aryl methyl sites for hydroxylation is 1. The molecule has 1 fully saturated rings. The summed E-state index contributed by atoms with van der Waals surface area (Å²) < 4.78 is 13.0. The smallest absolute Gasteiger partial charge is 0.220 e. The van der Waals surface area contributed by atoms with E-state index >= 15 is 0 Å². The highest BCUT2D eigenvalue weighted by Gasteiger charge is 2.34. The van der Waals surface area contributed by atoms with Gasteiger partial charge in [0, 0.05) is 35.8 Å². The Morgan fingerprint density at radius 3 is 2.67 bits per heavy atom. The second-order valence-electron chi connectivity index (χ2n) is 6.36.